The summed E-state index contributed by atoms with van der Waals surface area (Å²) in [7, 11) is 0.879. The predicted molar refractivity (Wildman–Crippen MR) is 73.3 cm³/mol. The van der Waals surface area contributed by atoms with Crippen LogP contribution in [0, 0.1) is 0 Å². The van der Waals surface area contributed by atoms with Crippen LogP contribution < -0.4 is 0 Å². The molecule has 3 rings (SSSR count). The van der Waals surface area contributed by atoms with Gasteiger partial charge in [-0.25, -0.2) is 0 Å². The second-order valence-corrected chi connectivity index (χ2v) is 5.40. The van der Waals surface area contributed by atoms with Gasteiger partial charge in [-0.2, -0.15) is 0 Å². The van der Waals surface area contributed by atoms with Crippen molar-refractivity contribution in [3.8, 4) is 0 Å². The van der Waals surface area contributed by atoms with Crippen LogP contribution in [0.5, 0.6) is 0 Å². The molecule has 0 radical (unpaired) electrons. The highest BCUT2D eigenvalue weighted by Gasteiger charge is 2.15. The van der Waals surface area contributed by atoms with Crippen LogP contribution >= 0.6 is 8.19 Å². The normalized spacial score (nSPS) is 14.2. The zero-order valence-corrected chi connectivity index (χ0v) is 10.5. The van der Waals surface area contributed by atoms with E-state index in [2.05, 4.69) is 49.1 Å². The van der Waals surface area contributed by atoms with E-state index < -0.39 is 0 Å². The van der Waals surface area contributed by atoms with Crippen LogP contribution in [0.2, 0.25) is 0 Å². The molecule has 2 aromatic rings. The van der Waals surface area contributed by atoms with Gasteiger partial charge < -0.3 is 0 Å². The van der Waals surface area contributed by atoms with Crippen LogP contribution in [0.4, 0.5) is 0 Å². The topological polar surface area (TPSA) is 0 Å². The molecule has 1 aliphatic carbocycles. The quantitative estimate of drug-likeness (QED) is 0.713. The van der Waals surface area contributed by atoms with Gasteiger partial charge in [0.05, 0.1) is 0 Å². The fourth-order valence-corrected chi connectivity index (χ4v) is 3.68. The molecule has 1 atom stereocenters. The van der Waals surface area contributed by atoms with Crippen molar-refractivity contribution < 1.29 is 0 Å². The molecule has 0 bridgehead atoms. The Labute approximate surface area is 98.1 Å². The van der Waals surface area contributed by atoms with Crippen molar-refractivity contribution in [3.63, 3.8) is 0 Å². The maximum absolute atomic E-state index is 2.38. The van der Waals surface area contributed by atoms with Gasteiger partial charge in [-0.1, -0.05) is 43.3 Å². The van der Waals surface area contributed by atoms with E-state index in [0.717, 1.165) is 21.0 Å². The van der Waals surface area contributed by atoms with Crippen LogP contribution in [0.25, 0.3) is 11.6 Å². The molecule has 1 aromatic heterocycles. The molecule has 1 heterocycles. The lowest BCUT2D eigenvalue weighted by atomic mass is 10.1. The Hall–Kier alpha value is -1.26. The molecular formula is C15H15P. The van der Waals surface area contributed by atoms with Crippen molar-refractivity contribution in [1.29, 1.82) is 0 Å². The fraction of sp³-hybridized carbons (Fsp3) is 0.200. The van der Waals surface area contributed by atoms with E-state index in [1.807, 2.05) is 0 Å². The number of hydrogen-bond donors (Lipinski definition) is 0. The van der Waals surface area contributed by atoms with Gasteiger partial charge in [0.15, 0.2) is 0 Å². The van der Waals surface area contributed by atoms with E-state index in [1.54, 1.807) is 10.9 Å². The lowest BCUT2D eigenvalue weighted by Gasteiger charge is -2.03. The van der Waals surface area contributed by atoms with Crippen molar-refractivity contribution in [2.45, 2.75) is 19.8 Å². The molecule has 80 valence electrons. The van der Waals surface area contributed by atoms with Crippen molar-refractivity contribution in [1.82, 2.24) is 0 Å². The van der Waals surface area contributed by atoms with Gasteiger partial charge in [-0.3, -0.25) is 0 Å². The van der Waals surface area contributed by atoms with Gasteiger partial charge in [-0.15, -0.1) is 8.19 Å². The Balaban J connectivity index is 2.01. The lowest BCUT2D eigenvalue weighted by molar-refractivity contribution is 1.14. The second-order valence-electron chi connectivity index (χ2n) is 4.28. The zero-order valence-electron chi connectivity index (χ0n) is 9.46. The van der Waals surface area contributed by atoms with Crippen LogP contribution in [-0.4, -0.2) is 0 Å². The van der Waals surface area contributed by atoms with Gasteiger partial charge in [0.2, 0.25) is 0 Å². The molecule has 0 saturated carbocycles. The molecule has 1 unspecified atom stereocenters. The summed E-state index contributed by atoms with van der Waals surface area (Å²) in [5.74, 6) is 2.32. The summed E-state index contributed by atoms with van der Waals surface area (Å²) in [5.41, 5.74) is 5.98. The average Bonchev–Trinajstić information content (AvgIpc) is 2.94. The molecule has 0 amide bonds. The molecule has 1 aliphatic rings. The Morgan fingerprint density at radius 2 is 2.06 bits per heavy atom. The molecule has 0 N–H and O–H groups in total. The van der Waals surface area contributed by atoms with Crippen LogP contribution in [-0.2, 0) is 12.8 Å². The minimum absolute atomic E-state index is 0.879. The molecule has 1 heteroatoms. The maximum atomic E-state index is 2.38. The Morgan fingerprint density at radius 1 is 1.19 bits per heavy atom. The summed E-state index contributed by atoms with van der Waals surface area (Å²) in [4.78, 5) is 0. The van der Waals surface area contributed by atoms with Crippen molar-refractivity contribution in [2.24, 2.45) is 0 Å². The smallest absolute Gasteiger partial charge is 0.00104 e. The molecular weight excluding hydrogens is 211 g/mol. The van der Waals surface area contributed by atoms with Gasteiger partial charge in [0, 0.05) is 0 Å². The molecule has 0 saturated heterocycles. The summed E-state index contributed by atoms with van der Waals surface area (Å²) in [6.07, 6.45) is 4.66. The summed E-state index contributed by atoms with van der Waals surface area (Å²) in [5, 5.41) is 1.60. The van der Waals surface area contributed by atoms with Crippen molar-refractivity contribution in [3.05, 3.63) is 58.1 Å². The van der Waals surface area contributed by atoms with Gasteiger partial charge in [-0.05, 0) is 46.2 Å². The van der Waals surface area contributed by atoms with Crippen molar-refractivity contribution >= 4 is 19.8 Å². The average molecular weight is 226 g/mol. The third kappa shape index (κ3) is 1.54. The highest BCUT2D eigenvalue weighted by atomic mass is 31.0. The number of hydrogen-bond acceptors (Lipinski definition) is 0. The summed E-state index contributed by atoms with van der Waals surface area (Å²) in [6, 6.07) is 11.0. The highest BCUT2D eigenvalue weighted by Crippen LogP contribution is 2.37. The first-order valence-electron chi connectivity index (χ1n) is 5.83. The minimum atomic E-state index is 0.879. The van der Waals surface area contributed by atoms with E-state index in [0.29, 0.717) is 0 Å². The van der Waals surface area contributed by atoms with Crippen LogP contribution in [0.3, 0.4) is 0 Å². The first-order chi connectivity index (χ1) is 7.88. The molecule has 1 aromatic carbocycles. The van der Waals surface area contributed by atoms with Gasteiger partial charge >= 0.3 is 0 Å². The standard InChI is InChI=1S/C15H15P/c1-2-11-7-8-16-15(11)14-9-12-5-3-4-6-13(12)10-14/h3-9,16H,2,10H2,1H3. The fourth-order valence-electron chi connectivity index (χ4n) is 2.44. The van der Waals surface area contributed by atoms with E-state index in [9.17, 15) is 0 Å². The van der Waals surface area contributed by atoms with Gasteiger partial charge in [0.1, 0.15) is 0 Å². The lowest BCUT2D eigenvalue weighted by Crippen LogP contribution is -1.86. The first-order valence-corrected chi connectivity index (χ1v) is 6.91. The summed E-state index contributed by atoms with van der Waals surface area (Å²) in [6.45, 7) is 2.25. The van der Waals surface area contributed by atoms with E-state index >= 15 is 0 Å². The monoisotopic (exact) mass is 226 g/mol. The number of fused-ring (bicyclic) bond motifs is 1. The highest BCUT2D eigenvalue weighted by molar-refractivity contribution is 7.31. The van der Waals surface area contributed by atoms with E-state index in [-0.39, 0.29) is 0 Å². The summed E-state index contributed by atoms with van der Waals surface area (Å²) < 4.78 is 0. The number of rotatable bonds is 2. The minimum Gasteiger partial charge on any atom is -0.132 e. The number of allylic oxidation sites excluding steroid dienone is 1. The third-order valence-electron chi connectivity index (χ3n) is 3.30. The zero-order chi connectivity index (χ0) is 11.0. The molecule has 0 spiro atoms. The second kappa shape index (κ2) is 3.96. The number of aryl methyl sites for hydroxylation is 1. The molecule has 16 heavy (non-hydrogen) atoms. The Morgan fingerprint density at radius 3 is 2.88 bits per heavy atom. The predicted octanol–water partition coefficient (Wildman–Crippen LogP) is 4.38. The van der Waals surface area contributed by atoms with E-state index in [1.165, 1.54) is 16.7 Å². The first kappa shape index (κ1) is 9.93. The maximum Gasteiger partial charge on any atom is -0.00104 e. The number of benzene rings is 1. The largest absolute Gasteiger partial charge is 0.132 e. The molecule has 0 fully saturated rings. The Bertz CT molecular complexity index is 546. The molecule has 0 nitrogen and oxygen atoms in total. The van der Waals surface area contributed by atoms with Gasteiger partial charge in [0.25, 0.3) is 0 Å². The molecule has 0 aliphatic heterocycles. The van der Waals surface area contributed by atoms with E-state index in [4.69, 9.17) is 0 Å². The summed E-state index contributed by atoms with van der Waals surface area (Å²) >= 11 is 0. The third-order valence-corrected chi connectivity index (χ3v) is 4.57. The van der Waals surface area contributed by atoms with Crippen molar-refractivity contribution in [2.75, 3.05) is 0 Å². The van der Waals surface area contributed by atoms with Crippen LogP contribution in [0.1, 0.15) is 28.9 Å². The SMILES string of the molecule is CCc1cc[pH]c1C1=Cc2ccccc2C1. The van der Waals surface area contributed by atoms with Crippen LogP contribution in [0.15, 0.2) is 36.1 Å². The Kier molecular flexibility index (Phi) is 2.46.